The number of benzene rings is 1. The van der Waals surface area contributed by atoms with E-state index in [0.717, 1.165) is 55.5 Å². The third-order valence-corrected chi connectivity index (χ3v) is 9.51. The van der Waals surface area contributed by atoms with E-state index in [2.05, 4.69) is 5.32 Å². The summed E-state index contributed by atoms with van der Waals surface area (Å²) in [5.74, 6) is 0.560. The second kappa shape index (κ2) is 12.0. The molecule has 2 heterocycles. The average Bonchev–Trinajstić information content (AvgIpc) is 3.25. The maximum absolute atomic E-state index is 13.4. The molecule has 4 rings (SSSR count). The highest BCUT2D eigenvalue weighted by Gasteiger charge is 2.34. The Morgan fingerprint density at radius 2 is 1.92 bits per heavy atom. The molecule has 0 saturated carbocycles. The molecule has 1 aliphatic heterocycles. The molecule has 1 fully saturated rings. The standard InChI is InChI=1S/C27H39N3O6S/c1-4-29(18-26(31)28-12-15-35-3)27(32)21-7-9-25-23(17-21)22-16-20(19-10-13-36-14-11-19)6-8-24(22)30(25)37(33,34)5-2/h7,9,17,19-20H,4-6,8,10-16,18H2,1-3H3,(H,28,31). The molecule has 1 aromatic heterocycles. The predicted octanol–water partition coefficient (Wildman–Crippen LogP) is 2.60. The lowest BCUT2D eigenvalue weighted by Crippen LogP contribution is -2.41. The Bertz CT molecular complexity index is 1230. The first-order chi connectivity index (χ1) is 17.8. The van der Waals surface area contributed by atoms with Crippen LogP contribution in [0.2, 0.25) is 0 Å². The van der Waals surface area contributed by atoms with Gasteiger partial charge in [-0.1, -0.05) is 0 Å². The Hall–Kier alpha value is -2.43. The fraction of sp³-hybridized carbons (Fsp3) is 0.630. The fourth-order valence-corrected chi connectivity index (χ4v) is 7.00. The number of carbonyl (C=O) groups is 2. The van der Waals surface area contributed by atoms with Crippen molar-refractivity contribution in [1.29, 1.82) is 0 Å². The first-order valence-corrected chi connectivity index (χ1v) is 14.9. The van der Waals surface area contributed by atoms with Gasteiger partial charge in [-0.25, -0.2) is 12.4 Å². The van der Waals surface area contributed by atoms with Crippen molar-refractivity contribution in [1.82, 2.24) is 14.2 Å². The lowest BCUT2D eigenvalue weighted by molar-refractivity contribution is -0.121. The monoisotopic (exact) mass is 533 g/mol. The molecule has 1 unspecified atom stereocenters. The Morgan fingerprint density at radius 3 is 2.59 bits per heavy atom. The Kier molecular flexibility index (Phi) is 8.92. The Balaban J connectivity index is 1.68. The smallest absolute Gasteiger partial charge is 0.254 e. The Morgan fingerprint density at radius 1 is 1.16 bits per heavy atom. The number of nitrogens with zero attached hydrogens (tertiary/aromatic N) is 2. The van der Waals surface area contributed by atoms with E-state index in [-0.39, 0.29) is 24.1 Å². The fourth-order valence-electron chi connectivity index (χ4n) is 5.75. The van der Waals surface area contributed by atoms with Gasteiger partial charge in [-0.15, -0.1) is 0 Å². The molecule has 2 amide bonds. The van der Waals surface area contributed by atoms with Crippen molar-refractivity contribution in [3.05, 3.63) is 35.0 Å². The first-order valence-electron chi connectivity index (χ1n) is 13.3. The molecule has 1 N–H and O–H groups in total. The zero-order chi connectivity index (χ0) is 26.6. The number of aromatic nitrogens is 1. The number of carbonyl (C=O) groups excluding carboxylic acids is 2. The van der Waals surface area contributed by atoms with Gasteiger partial charge in [0.15, 0.2) is 0 Å². The van der Waals surface area contributed by atoms with Crippen LogP contribution < -0.4 is 5.32 Å². The highest BCUT2D eigenvalue weighted by molar-refractivity contribution is 7.90. The van der Waals surface area contributed by atoms with Gasteiger partial charge >= 0.3 is 0 Å². The third-order valence-electron chi connectivity index (χ3n) is 7.81. The van der Waals surface area contributed by atoms with Crippen molar-refractivity contribution in [2.75, 3.05) is 52.3 Å². The van der Waals surface area contributed by atoms with Gasteiger partial charge in [0.05, 0.1) is 24.4 Å². The molecule has 0 radical (unpaired) electrons. The van der Waals surface area contributed by atoms with E-state index in [1.54, 1.807) is 26.2 Å². The molecule has 10 heteroatoms. The molecule has 204 valence electrons. The molecule has 1 atom stereocenters. The van der Waals surface area contributed by atoms with Gasteiger partial charge in [-0.05, 0) is 81.5 Å². The van der Waals surface area contributed by atoms with E-state index in [9.17, 15) is 18.0 Å². The van der Waals surface area contributed by atoms with Crippen molar-refractivity contribution >= 4 is 32.7 Å². The van der Waals surface area contributed by atoms with E-state index >= 15 is 0 Å². The molecule has 9 nitrogen and oxygen atoms in total. The number of nitrogens with one attached hydrogen (secondary N) is 1. The summed E-state index contributed by atoms with van der Waals surface area (Å²) < 4.78 is 38.3. The quantitative estimate of drug-likeness (QED) is 0.471. The summed E-state index contributed by atoms with van der Waals surface area (Å²) in [5.41, 5.74) is 3.00. The van der Waals surface area contributed by atoms with Crippen molar-refractivity contribution in [2.24, 2.45) is 11.8 Å². The molecule has 2 aromatic rings. The van der Waals surface area contributed by atoms with E-state index in [1.165, 1.54) is 8.87 Å². The molecular weight excluding hydrogens is 494 g/mol. The van der Waals surface area contributed by atoms with Gasteiger partial charge in [-0.3, -0.25) is 9.59 Å². The van der Waals surface area contributed by atoms with Crippen molar-refractivity contribution in [3.8, 4) is 0 Å². The number of amides is 2. The molecular formula is C27H39N3O6S. The first kappa shape index (κ1) is 27.6. The molecule has 2 aliphatic rings. The number of hydrogen-bond acceptors (Lipinski definition) is 6. The highest BCUT2D eigenvalue weighted by Crippen LogP contribution is 2.40. The molecule has 37 heavy (non-hydrogen) atoms. The molecule has 1 saturated heterocycles. The van der Waals surface area contributed by atoms with E-state index < -0.39 is 10.0 Å². The predicted molar refractivity (Wildman–Crippen MR) is 142 cm³/mol. The maximum atomic E-state index is 13.4. The summed E-state index contributed by atoms with van der Waals surface area (Å²) in [4.78, 5) is 27.2. The summed E-state index contributed by atoms with van der Waals surface area (Å²) in [7, 11) is -1.95. The minimum atomic E-state index is -3.51. The summed E-state index contributed by atoms with van der Waals surface area (Å²) >= 11 is 0. The molecule has 1 aliphatic carbocycles. The van der Waals surface area contributed by atoms with Crippen LogP contribution in [0, 0.1) is 11.8 Å². The van der Waals surface area contributed by atoms with Crippen LogP contribution in [-0.2, 0) is 37.1 Å². The summed E-state index contributed by atoms with van der Waals surface area (Å²) in [6, 6.07) is 5.26. The van der Waals surface area contributed by atoms with Crippen LogP contribution >= 0.6 is 0 Å². The van der Waals surface area contributed by atoms with Crippen LogP contribution in [0.5, 0.6) is 0 Å². The lowest BCUT2D eigenvalue weighted by Gasteiger charge is -2.33. The summed E-state index contributed by atoms with van der Waals surface area (Å²) in [6.45, 7) is 6.18. The largest absolute Gasteiger partial charge is 0.383 e. The van der Waals surface area contributed by atoms with Crippen molar-refractivity contribution in [2.45, 2.75) is 46.0 Å². The maximum Gasteiger partial charge on any atom is 0.254 e. The molecule has 1 aromatic carbocycles. The van der Waals surface area contributed by atoms with Crippen LogP contribution in [-0.4, -0.2) is 81.4 Å². The van der Waals surface area contributed by atoms with Crippen LogP contribution in [0.15, 0.2) is 18.2 Å². The van der Waals surface area contributed by atoms with Crippen LogP contribution in [0.1, 0.15) is 54.7 Å². The van der Waals surface area contributed by atoms with Crippen LogP contribution in [0.3, 0.4) is 0 Å². The number of ether oxygens (including phenoxy) is 2. The van der Waals surface area contributed by atoms with Gasteiger partial charge in [0.25, 0.3) is 5.91 Å². The number of methoxy groups -OCH3 is 1. The van der Waals surface area contributed by atoms with Gasteiger partial charge < -0.3 is 19.7 Å². The number of fused-ring (bicyclic) bond motifs is 3. The van der Waals surface area contributed by atoms with Gasteiger partial charge in [0.1, 0.15) is 0 Å². The Labute approximate surface area is 219 Å². The summed E-state index contributed by atoms with van der Waals surface area (Å²) in [5, 5.41) is 3.58. The lowest BCUT2D eigenvalue weighted by atomic mass is 9.75. The SMILES string of the molecule is CCN(CC(=O)NCCOC)C(=O)c1ccc2c(c1)c1c(n2S(=O)(=O)CC)CCC(C2CCOCC2)C1. The van der Waals surface area contributed by atoms with E-state index in [4.69, 9.17) is 9.47 Å². The minimum absolute atomic E-state index is 0.00902. The average molecular weight is 534 g/mol. The van der Waals surface area contributed by atoms with Crippen LogP contribution in [0.25, 0.3) is 10.9 Å². The van der Waals surface area contributed by atoms with E-state index in [0.29, 0.717) is 49.0 Å². The van der Waals surface area contributed by atoms with Crippen molar-refractivity contribution in [3.63, 3.8) is 0 Å². The number of rotatable bonds is 10. The normalized spacial score (nSPS) is 18.5. The van der Waals surface area contributed by atoms with Gasteiger partial charge in [0.2, 0.25) is 15.9 Å². The van der Waals surface area contributed by atoms with Crippen molar-refractivity contribution < 1.29 is 27.5 Å². The molecule has 0 spiro atoms. The number of hydrogen-bond donors (Lipinski definition) is 1. The highest BCUT2D eigenvalue weighted by atomic mass is 32.2. The van der Waals surface area contributed by atoms with Crippen LogP contribution in [0.4, 0.5) is 0 Å². The van der Waals surface area contributed by atoms with E-state index in [1.807, 2.05) is 13.0 Å². The molecule has 0 bridgehead atoms. The third kappa shape index (κ3) is 5.86. The minimum Gasteiger partial charge on any atom is -0.383 e. The summed E-state index contributed by atoms with van der Waals surface area (Å²) in [6.07, 6.45) is 4.54. The topological polar surface area (TPSA) is 107 Å². The zero-order valence-electron chi connectivity index (χ0n) is 22.1. The van der Waals surface area contributed by atoms with Gasteiger partial charge in [0, 0.05) is 50.1 Å². The second-order valence-electron chi connectivity index (χ2n) is 9.94. The van der Waals surface area contributed by atoms with Gasteiger partial charge in [-0.2, -0.15) is 0 Å². The number of likely N-dealkylation sites (N-methyl/N-ethyl adjacent to an activating group) is 1. The second-order valence-corrected chi connectivity index (χ2v) is 12.0. The zero-order valence-corrected chi connectivity index (χ0v) is 22.9.